The molecule has 0 radical (unpaired) electrons. The Hall–Kier alpha value is -1.10. The highest BCUT2D eigenvalue weighted by Gasteiger charge is 2.60. The number of hydrogen-bond acceptors (Lipinski definition) is 3. The second-order valence-corrected chi connectivity index (χ2v) is 5.78. The Kier molecular flexibility index (Phi) is 2.09. The summed E-state index contributed by atoms with van der Waals surface area (Å²) in [4.78, 5) is 24.5. The van der Waals surface area contributed by atoms with Gasteiger partial charge in [-0.05, 0) is 37.5 Å². The molecule has 3 aliphatic rings. The summed E-state index contributed by atoms with van der Waals surface area (Å²) in [5.74, 6) is -1.06. The van der Waals surface area contributed by atoms with Gasteiger partial charge in [-0.2, -0.15) is 0 Å². The Morgan fingerprint density at radius 2 is 1.71 bits per heavy atom. The van der Waals surface area contributed by atoms with Crippen LogP contribution in [0.25, 0.3) is 0 Å². The molecule has 0 unspecified atom stereocenters. The molecule has 1 saturated heterocycles. The number of carboxylic acids is 1. The second kappa shape index (κ2) is 3.22. The van der Waals surface area contributed by atoms with Crippen LogP contribution in [-0.2, 0) is 9.59 Å². The van der Waals surface area contributed by atoms with E-state index in [0.29, 0.717) is 25.9 Å². The molecule has 2 aliphatic carbocycles. The quantitative estimate of drug-likeness (QED) is 0.723. The zero-order valence-corrected chi connectivity index (χ0v) is 9.69. The fraction of sp³-hybridized carbons (Fsp3) is 0.833. The highest BCUT2D eigenvalue weighted by atomic mass is 16.4. The first kappa shape index (κ1) is 11.0. The highest BCUT2D eigenvalue weighted by Crippen LogP contribution is 2.59. The third-order valence-electron chi connectivity index (χ3n) is 4.66. The lowest BCUT2D eigenvalue weighted by Crippen LogP contribution is -2.45. The zero-order valence-electron chi connectivity index (χ0n) is 9.69. The molecule has 0 bridgehead atoms. The van der Waals surface area contributed by atoms with Gasteiger partial charge in [-0.1, -0.05) is 0 Å². The first-order valence-electron chi connectivity index (χ1n) is 6.21. The Balaban J connectivity index is 1.58. The van der Waals surface area contributed by atoms with E-state index in [1.165, 1.54) is 0 Å². The van der Waals surface area contributed by atoms with Crippen LogP contribution in [0.1, 0.15) is 32.1 Å². The predicted octanol–water partition coefficient (Wildman–Crippen LogP) is 0.225. The molecule has 2 N–H and O–H groups in total. The van der Waals surface area contributed by atoms with Crippen LogP contribution >= 0.6 is 0 Å². The molecular weight excluding hydrogens is 222 g/mol. The van der Waals surface area contributed by atoms with Crippen LogP contribution in [0.15, 0.2) is 0 Å². The van der Waals surface area contributed by atoms with E-state index in [4.69, 9.17) is 5.11 Å². The summed E-state index contributed by atoms with van der Waals surface area (Å²) in [6, 6.07) is 0. The number of piperidine rings is 1. The van der Waals surface area contributed by atoms with E-state index >= 15 is 0 Å². The number of carbonyl (C=O) groups excluding carboxylic acids is 1. The second-order valence-electron chi connectivity index (χ2n) is 5.78. The van der Waals surface area contributed by atoms with Gasteiger partial charge in [0.05, 0.1) is 5.92 Å². The summed E-state index contributed by atoms with van der Waals surface area (Å²) in [6.45, 7) is 1.20. The van der Waals surface area contributed by atoms with Crippen LogP contribution in [0.2, 0.25) is 0 Å². The van der Waals surface area contributed by atoms with Crippen LogP contribution in [0.3, 0.4) is 0 Å². The van der Waals surface area contributed by atoms with Gasteiger partial charge in [0.15, 0.2) is 0 Å². The first-order chi connectivity index (χ1) is 7.97. The monoisotopic (exact) mass is 239 g/mol. The third kappa shape index (κ3) is 1.64. The smallest absolute Gasteiger partial charge is 0.307 e. The number of carbonyl (C=O) groups is 2. The molecule has 1 amide bonds. The molecule has 0 aromatic heterocycles. The fourth-order valence-electron chi connectivity index (χ4n) is 3.03. The number of amides is 1. The summed E-state index contributed by atoms with van der Waals surface area (Å²) in [5, 5.41) is 18.7. The Labute approximate surface area is 99.4 Å². The van der Waals surface area contributed by atoms with Gasteiger partial charge in [0.1, 0.15) is 5.60 Å². The number of aliphatic carboxylic acids is 1. The average Bonchev–Trinajstić information content (AvgIpc) is 3.18. The number of aliphatic hydroxyl groups is 1. The fourth-order valence-corrected chi connectivity index (χ4v) is 3.03. The summed E-state index contributed by atoms with van der Waals surface area (Å²) >= 11 is 0. The minimum absolute atomic E-state index is 0.0468. The molecule has 1 aliphatic heterocycles. The molecule has 0 aromatic carbocycles. The van der Waals surface area contributed by atoms with Crippen molar-refractivity contribution in [1.29, 1.82) is 0 Å². The third-order valence-corrected chi connectivity index (χ3v) is 4.66. The first-order valence-corrected chi connectivity index (χ1v) is 6.21. The van der Waals surface area contributed by atoms with Crippen molar-refractivity contribution in [2.75, 3.05) is 13.1 Å². The topological polar surface area (TPSA) is 77.8 Å². The minimum Gasteiger partial charge on any atom is -0.481 e. The molecule has 5 nitrogen and oxygen atoms in total. The maximum absolute atomic E-state index is 11.9. The summed E-state index contributed by atoms with van der Waals surface area (Å²) in [5.41, 5.74) is -1.13. The lowest BCUT2D eigenvalue weighted by molar-refractivity contribution is -0.144. The van der Waals surface area contributed by atoms with Crippen molar-refractivity contribution in [3.63, 3.8) is 0 Å². The van der Waals surface area contributed by atoms with Crippen LogP contribution in [0.5, 0.6) is 0 Å². The minimum atomic E-state index is -1.08. The van der Waals surface area contributed by atoms with Crippen molar-refractivity contribution in [3.05, 3.63) is 0 Å². The van der Waals surface area contributed by atoms with Gasteiger partial charge in [0.2, 0.25) is 0 Å². The van der Waals surface area contributed by atoms with Gasteiger partial charge in [-0.3, -0.25) is 9.59 Å². The van der Waals surface area contributed by atoms with Gasteiger partial charge in [-0.25, -0.2) is 0 Å². The van der Waals surface area contributed by atoms with Crippen LogP contribution in [-0.4, -0.2) is 45.7 Å². The van der Waals surface area contributed by atoms with E-state index in [9.17, 15) is 14.7 Å². The maximum atomic E-state index is 11.9. The number of nitrogens with zero attached hydrogens (tertiary/aromatic N) is 1. The normalized spacial score (nSPS) is 32.3. The Morgan fingerprint density at radius 1 is 1.12 bits per heavy atom. The van der Waals surface area contributed by atoms with Crippen LogP contribution in [0, 0.1) is 11.3 Å². The molecule has 1 spiro atoms. The van der Waals surface area contributed by atoms with Gasteiger partial charge < -0.3 is 15.1 Å². The van der Waals surface area contributed by atoms with Gasteiger partial charge in [-0.15, -0.1) is 0 Å². The van der Waals surface area contributed by atoms with Crippen molar-refractivity contribution in [1.82, 2.24) is 4.90 Å². The summed E-state index contributed by atoms with van der Waals surface area (Å²) < 4.78 is 0. The standard InChI is InChI=1S/C12H17NO4/c14-9(15)8-7-11(8)3-5-13(6-4-11)10(16)12(17)1-2-12/h8,17H,1-7H2,(H,14,15)/t8-/m0/s1. The molecule has 3 rings (SSSR count). The molecule has 1 atom stereocenters. The van der Waals surface area contributed by atoms with Crippen molar-refractivity contribution in [2.24, 2.45) is 11.3 Å². The zero-order chi connectivity index (χ0) is 12.3. The Morgan fingerprint density at radius 3 is 2.12 bits per heavy atom. The summed E-state index contributed by atoms with van der Waals surface area (Å²) in [6.07, 6.45) is 3.45. The number of carboxylic acid groups (broad SMARTS) is 1. The predicted molar refractivity (Wildman–Crippen MR) is 58.2 cm³/mol. The van der Waals surface area contributed by atoms with Crippen LogP contribution < -0.4 is 0 Å². The van der Waals surface area contributed by atoms with Crippen molar-refractivity contribution in [2.45, 2.75) is 37.7 Å². The SMILES string of the molecule is O=C(O)[C@@H]1CC12CCN(C(=O)C1(O)CC1)CC2. The molecule has 3 fully saturated rings. The molecule has 94 valence electrons. The van der Waals surface area contributed by atoms with E-state index in [0.717, 1.165) is 19.3 Å². The van der Waals surface area contributed by atoms with E-state index in [2.05, 4.69) is 0 Å². The Bertz CT molecular complexity index is 380. The van der Waals surface area contributed by atoms with Crippen molar-refractivity contribution in [3.8, 4) is 0 Å². The van der Waals surface area contributed by atoms with E-state index in [1.54, 1.807) is 4.90 Å². The lowest BCUT2D eigenvalue weighted by Gasteiger charge is -2.33. The molecule has 17 heavy (non-hydrogen) atoms. The summed E-state index contributed by atoms with van der Waals surface area (Å²) in [7, 11) is 0. The van der Waals surface area contributed by atoms with E-state index in [-0.39, 0.29) is 17.2 Å². The van der Waals surface area contributed by atoms with Crippen LogP contribution in [0.4, 0.5) is 0 Å². The molecule has 2 saturated carbocycles. The van der Waals surface area contributed by atoms with Crippen molar-refractivity contribution >= 4 is 11.9 Å². The van der Waals surface area contributed by atoms with E-state index < -0.39 is 11.6 Å². The highest BCUT2D eigenvalue weighted by molar-refractivity contribution is 5.88. The molecule has 0 aromatic rings. The number of rotatable bonds is 2. The maximum Gasteiger partial charge on any atom is 0.307 e. The largest absolute Gasteiger partial charge is 0.481 e. The van der Waals surface area contributed by atoms with Crippen molar-refractivity contribution < 1.29 is 19.8 Å². The molecule has 1 heterocycles. The molecular formula is C12H17NO4. The molecule has 5 heteroatoms. The average molecular weight is 239 g/mol. The lowest BCUT2D eigenvalue weighted by atomic mass is 9.90. The van der Waals surface area contributed by atoms with Gasteiger partial charge in [0.25, 0.3) is 5.91 Å². The van der Waals surface area contributed by atoms with Gasteiger partial charge in [0, 0.05) is 13.1 Å². The number of likely N-dealkylation sites (tertiary alicyclic amines) is 1. The van der Waals surface area contributed by atoms with Gasteiger partial charge >= 0.3 is 5.97 Å². The number of hydrogen-bond donors (Lipinski definition) is 2. The van der Waals surface area contributed by atoms with E-state index in [1.807, 2.05) is 0 Å².